The highest BCUT2D eigenvalue weighted by Gasteiger charge is 2.57. The lowest BCUT2D eigenvalue weighted by molar-refractivity contribution is 0.196. The second-order valence-corrected chi connectivity index (χ2v) is 12.6. The molecule has 1 aliphatic carbocycles. The number of hydrogen-bond acceptors (Lipinski definition) is 2. The van der Waals surface area contributed by atoms with E-state index in [0.29, 0.717) is 23.9 Å². The maximum atomic E-state index is 14.7. The Balaban J connectivity index is 1.93. The zero-order valence-corrected chi connectivity index (χ0v) is 20.2. The van der Waals surface area contributed by atoms with Crippen molar-refractivity contribution in [2.75, 3.05) is 13.1 Å². The average molecular weight is 433 g/mol. The first-order valence-electron chi connectivity index (χ1n) is 11.9. The Morgan fingerprint density at radius 1 is 0.967 bits per heavy atom. The van der Waals surface area contributed by atoms with Crippen LogP contribution in [0.1, 0.15) is 71.8 Å². The van der Waals surface area contributed by atoms with Gasteiger partial charge >= 0.3 is 0 Å². The van der Waals surface area contributed by atoms with Crippen LogP contribution in [-0.4, -0.2) is 45.5 Å². The molecule has 1 saturated heterocycles. The number of aliphatic hydroxyl groups excluding tert-OH is 1. The summed E-state index contributed by atoms with van der Waals surface area (Å²) < 4.78 is 19.2. The molecule has 5 heteroatoms. The van der Waals surface area contributed by atoms with E-state index < -0.39 is 13.3 Å². The molecule has 168 valence electrons. The third kappa shape index (κ3) is 5.27. The van der Waals surface area contributed by atoms with Gasteiger partial charge in [-0.25, -0.2) is 9.34 Å². The molecule has 0 radical (unpaired) electrons. The quantitative estimate of drug-likeness (QED) is 0.470. The summed E-state index contributed by atoms with van der Waals surface area (Å²) in [6.45, 7) is 10.5. The number of nitrogens with zero attached hydrogens (tertiary/aromatic N) is 2. The van der Waals surface area contributed by atoms with E-state index in [0.717, 1.165) is 44.3 Å². The van der Waals surface area contributed by atoms with Crippen molar-refractivity contribution in [3.05, 3.63) is 42.0 Å². The predicted molar refractivity (Wildman–Crippen MR) is 127 cm³/mol. The van der Waals surface area contributed by atoms with E-state index in [9.17, 15) is 9.67 Å². The van der Waals surface area contributed by atoms with Gasteiger partial charge in [0.15, 0.2) is 5.85 Å². The van der Waals surface area contributed by atoms with Gasteiger partial charge in [0.1, 0.15) is 0 Å². The standard InChI is InChI=1S/C25H41N2O2P/c1-20(2)16-18-26-23-12-8-9-13-24(23)27(19-17-21(3)4)30(26,29)25(28)15-14-22-10-6-5-7-11-22/h5-7,10-11,14-15,20-21,23-25,28H,8-9,12-13,16-19H2,1-4H3/b15-14+/t23-,24-,25?/m1/s1. The molecule has 1 aliphatic heterocycles. The fourth-order valence-corrected chi connectivity index (χ4v) is 8.34. The molecule has 0 amide bonds. The highest BCUT2D eigenvalue weighted by Crippen LogP contribution is 2.66. The van der Waals surface area contributed by atoms with Crippen molar-refractivity contribution < 1.29 is 9.67 Å². The molecule has 4 nitrogen and oxygen atoms in total. The highest BCUT2D eigenvalue weighted by atomic mass is 31.2. The van der Waals surface area contributed by atoms with Gasteiger partial charge in [0.25, 0.3) is 0 Å². The molecule has 1 N–H and O–H groups in total. The van der Waals surface area contributed by atoms with Crippen molar-refractivity contribution in [3.63, 3.8) is 0 Å². The zero-order chi connectivity index (χ0) is 21.7. The van der Waals surface area contributed by atoms with Gasteiger partial charge in [-0.15, -0.1) is 0 Å². The monoisotopic (exact) mass is 432 g/mol. The van der Waals surface area contributed by atoms with Gasteiger partial charge in [0, 0.05) is 25.2 Å². The summed E-state index contributed by atoms with van der Waals surface area (Å²) >= 11 is 0. The van der Waals surface area contributed by atoms with Crippen LogP contribution in [0.2, 0.25) is 0 Å². The predicted octanol–water partition coefficient (Wildman–Crippen LogP) is 6.23. The minimum Gasteiger partial charge on any atom is -0.378 e. The highest BCUT2D eigenvalue weighted by molar-refractivity contribution is 7.60. The third-order valence-corrected chi connectivity index (χ3v) is 10.00. The first kappa shape index (κ1) is 23.7. The van der Waals surface area contributed by atoms with Gasteiger partial charge in [-0.1, -0.05) is 76.9 Å². The Hall–Kier alpha value is -0.930. The van der Waals surface area contributed by atoms with Crippen molar-refractivity contribution in [3.8, 4) is 0 Å². The van der Waals surface area contributed by atoms with Gasteiger partial charge in [-0.05, 0) is 49.2 Å². The fraction of sp³-hybridized carbons (Fsp3) is 0.680. The molecular weight excluding hydrogens is 391 g/mol. The van der Waals surface area contributed by atoms with E-state index in [2.05, 4.69) is 37.0 Å². The van der Waals surface area contributed by atoms with E-state index in [1.54, 1.807) is 6.08 Å². The number of hydrogen-bond donors (Lipinski definition) is 1. The van der Waals surface area contributed by atoms with Crippen LogP contribution in [0.3, 0.4) is 0 Å². The van der Waals surface area contributed by atoms with Crippen molar-refractivity contribution in [2.45, 2.75) is 84.1 Å². The van der Waals surface area contributed by atoms with Crippen molar-refractivity contribution >= 4 is 13.5 Å². The molecule has 0 bridgehead atoms. The Bertz CT molecular complexity index is 702. The molecule has 1 unspecified atom stereocenters. The van der Waals surface area contributed by atoms with E-state index >= 15 is 0 Å². The third-order valence-electron chi connectivity index (χ3n) is 6.67. The smallest absolute Gasteiger partial charge is 0.248 e. The van der Waals surface area contributed by atoms with Crippen LogP contribution in [-0.2, 0) is 4.57 Å². The Kier molecular flexibility index (Phi) is 8.38. The summed E-state index contributed by atoms with van der Waals surface area (Å²) in [6, 6.07) is 10.6. The summed E-state index contributed by atoms with van der Waals surface area (Å²) in [6.07, 6.45) is 10.3. The molecule has 0 aromatic heterocycles. The number of fused-ring (bicyclic) bond motifs is 1. The largest absolute Gasteiger partial charge is 0.378 e. The number of aliphatic hydroxyl groups is 1. The second-order valence-electron chi connectivity index (χ2n) is 9.88. The Morgan fingerprint density at radius 2 is 1.47 bits per heavy atom. The van der Waals surface area contributed by atoms with Gasteiger partial charge in [-0.3, -0.25) is 4.57 Å². The van der Waals surface area contributed by atoms with Crippen LogP contribution in [0.15, 0.2) is 36.4 Å². The average Bonchev–Trinajstić information content (AvgIpc) is 2.97. The van der Waals surface area contributed by atoms with Gasteiger partial charge in [0.05, 0.1) is 0 Å². The normalized spacial score (nSPS) is 26.0. The van der Waals surface area contributed by atoms with E-state index in [4.69, 9.17) is 0 Å². The van der Waals surface area contributed by atoms with Crippen LogP contribution >= 0.6 is 7.44 Å². The van der Waals surface area contributed by atoms with Crippen molar-refractivity contribution in [1.82, 2.24) is 9.34 Å². The van der Waals surface area contributed by atoms with Crippen LogP contribution in [0.4, 0.5) is 0 Å². The molecule has 30 heavy (non-hydrogen) atoms. The first-order valence-corrected chi connectivity index (χ1v) is 13.6. The number of benzene rings is 1. The van der Waals surface area contributed by atoms with E-state index in [1.807, 2.05) is 36.4 Å². The molecule has 1 aromatic rings. The molecule has 0 spiro atoms. The van der Waals surface area contributed by atoms with E-state index in [-0.39, 0.29) is 0 Å². The first-order chi connectivity index (χ1) is 14.3. The molecule has 1 aromatic carbocycles. The van der Waals surface area contributed by atoms with Gasteiger partial charge in [-0.2, -0.15) is 0 Å². The molecule has 3 atom stereocenters. The zero-order valence-electron chi connectivity index (χ0n) is 19.3. The lowest BCUT2D eigenvalue weighted by atomic mass is 9.90. The van der Waals surface area contributed by atoms with Crippen LogP contribution in [0.25, 0.3) is 6.08 Å². The summed E-state index contributed by atoms with van der Waals surface area (Å²) in [7, 11) is -3.10. The fourth-order valence-electron chi connectivity index (χ4n) is 4.94. The summed E-state index contributed by atoms with van der Waals surface area (Å²) in [4.78, 5) is 0. The van der Waals surface area contributed by atoms with Crippen LogP contribution in [0, 0.1) is 11.8 Å². The minimum absolute atomic E-state index is 0.315. The lowest BCUT2D eigenvalue weighted by Crippen LogP contribution is -2.40. The lowest BCUT2D eigenvalue weighted by Gasteiger charge is -2.35. The Labute approximate surface area is 183 Å². The minimum atomic E-state index is -3.10. The van der Waals surface area contributed by atoms with Crippen molar-refractivity contribution in [2.24, 2.45) is 11.8 Å². The van der Waals surface area contributed by atoms with E-state index in [1.165, 1.54) is 12.8 Å². The maximum absolute atomic E-state index is 14.7. The van der Waals surface area contributed by atoms with Gasteiger partial charge < -0.3 is 5.11 Å². The summed E-state index contributed by atoms with van der Waals surface area (Å²) in [5, 5.41) is 11.4. The van der Waals surface area contributed by atoms with Crippen LogP contribution in [0.5, 0.6) is 0 Å². The molecule has 2 aliphatic rings. The molecule has 2 fully saturated rings. The topological polar surface area (TPSA) is 43.8 Å². The molecule has 1 heterocycles. The molecule has 1 saturated carbocycles. The molecule has 3 rings (SSSR count). The molecular formula is C25H41N2O2P. The number of rotatable bonds is 9. The summed E-state index contributed by atoms with van der Waals surface area (Å²) in [5.74, 6) is 0.159. The SMILES string of the molecule is CC(C)CCN1[C@@H]2CCCC[C@H]2N(CCC(C)C)P1(=O)C(O)/C=C/c1ccccc1. The van der Waals surface area contributed by atoms with Gasteiger partial charge in [0.2, 0.25) is 7.44 Å². The van der Waals surface area contributed by atoms with Crippen LogP contribution < -0.4 is 0 Å². The summed E-state index contributed by atoms with van der Waals surface area (Å²) in [5.41, 5.74) is 1.03. The Morgan fingerprint density at radius 3 is 1.93 bits per heavy atom. The second kappa shape index (κ2) is 10.6. The maximum Gasteiger partial charge on any atom is 0.248 e. The van der Waals surface area contributed by atoms with Crippen molar-refractivity contribution in [1.29, 1.82) is 0 Å².